The van der Waals surface area contributed by atoms with E-state index in [4.69, 9.17) is 4.74 Å². The highest BCUT2D eigenvalue weighted by Gasteiger charge is 2.45. The first-order chi connectivity index (χ1) is 15.7. The van der Waals surface area contributed by atoms with E-state index in [-0.39, 0.29) is 12.4 Å². The van der Waals surface area contributed by atoms with Crippen LogP contribution in [0.4, 0.5) is 10.5 Å². The number of carbonyl (C=O) groups is 1. The molecule has 168 valence electrons. The third kappa shape index (κ3) is 5.82. The van der Waals surface area contributed by atoms with Crippen molar-refractivity contribution in [3.05, 3.63) is 121 Å². The number of rotatable bonds is 7. The lowest BCUT2D eigenvalue weighted by Crippen LogP contribution is -3.00. The molecule has 4 aromatic carbocycles. The molecular formula is C28H27ClNO2P. The van der Waals surface area contributed by atoms with E-state index in [1.165, 1.54) is 15.9 Å². The van der Waals surface area contributed by atoms with Gasteiger partial charge in [0.2, 0.25) is 0 Å². The first-order valence-electron chi connectivity index (χ1n) is 10.7. The fourth-order valence-electron chi connectivity index (χ4n) is 3.95. The van der Waals surface area contributed by atoms with Crippen molar-refractivity contribution in [3.63, 3.8) is 0 Å². The van der Waals surface area contributed by atoms with Crippen molar-refractivity contribution in [2.45, 2.75) is 6.92 Å². The Bertz CT molecular complexity index is 1040. The molecule has 0 spiro atoms. The van der Waals surface area contributed by atoms with Gasteiger partial charge in [0.15, 0.2) is 0 Å². The second-order valence-corrected chi connectivity index (χ2v) is 11.3. The Labute approximate surface area is 202 Å². The summed E-state index contributed by atoms with van der Waals surface area (Å²) < 4.78 is 5.67. The molecule has 0 aliphatic carbocycles. The second kappa shape index (κ2) is 11.7. The molecule has 0 saturated carbocycles. The fourth-order valence-corrected chi connectivity index (χ4v) is 8.03. The number of ether oxygens (including phenoxy) is 1. The second-order valence-electron chi connectivity index (χ2n) is 7.67. The fraction of sp³-hybridized carbons (Fsp3) is 0.107. The summed E-state index contributed by atoms with van der Waals surface area (Å²) in [5.74, 6) is 0. The van der Waals surface area contributed by atoms with E-state index >= 15 is 0 Å². The van der Waals surface area contributed by atoms with Gasteiger partial charge >= 0.3 is 6.09 Å². The van der Waals surface area contributed by atoms with Crippen LogP contribution in [0.3, 0.4) is 0 Å². The highest BCUT2D eigenvalue weighted by Crippen LogP contribution is 2.54. The van der Waals surface area contributed by atoms with Crippen molar-refractivity contribution in [2.24, 2.45) is 0 Å². The number of aryl methyl sites for hydroxylation is 1. The number of hydrogen-bond donors (Lipinski definition) is 1. The summed E-state index contributed by atoms with van der Waals surface area (Å²) in [4.78, 5) is 12.5. The SMILES string of the molecule is Cc1ccc(NC(=O)OCC[P+](c2ccccc2)(c2ccccc2)c2ccccc2)cc1.[Cl-]. The van der Waals surface area contributed by atoms with Gasteiger partial charge in [-0.2, -0.15) is 0 Å². The van der Waals surface area contributed by atoms with Gasteiger partial charge in [0, 0.05) is 5.69 Å². The Morgan fingerprint density at radius 3 is 1.55 bits per heavy atom. The summed E-state index contributed by atoms with van der Waals surface area (Å²) in [5, 5.41) is 6.66. The molecule has 0 heterocycles. The summed E-state index contributed by atoms with van der Waals surface area (Å²) in [7, 11) is -2.00. The molecule has 0 atom stereocenters. The van der Waals surface area contributed by atoms with Crippen LogP contribution in [0.5, 0.6) is 0 Å². The van der Waals surface area contributed by atoms with Crippen LogP contribution in [0, 0.1) is 6.92 Å². The highest BCUT2D eigenvalue weighted by atomic mass is 35.5. The van der Waals surface area contributed by atoms with E-state index in [1.807, 2.05) is 49.4 Å². The molecule has 1 N–H and O–H groups in total. The first kappa shape index (κ1) is 24.5. The van der Waals surface area contributed by atoms with Crippen LogP contribution in [-0.4, -0.2) is 18.9 Å². The van der Waals surface area contributed by atoms with Gasteiger partial charge in [0.25, 0.3) is 0 Å². The maximum absolute atomic E-state index is 12.5. The van der Waals surface area contributed by atoms with Crippen molar-refractivity contribution in [2.75, 3.05) is 18.1 Å². The topological polar surface area (TPSA) is 38.3 Å². The van der Waals surface area contributed by atoms with Gasteiger partial charge in [0.05, 0.1) is 0 Å². The van der Waals surface area contributed by atoms with Gasteiger partial charge in [-0.15, -0.1) is 0 Å². The average molecular weight is 476 g/mol. The Hall–Kier alpha value is -3.13. The molecule has 33 heavy (non-hydrogen) atoms. The van der Waals surface area contributed by atoms with Crippen molar-refractivity contribution in [1.82, 2.24) is 0 Å². The Kier molecular flexibility index (Phi) is 8.65. The predicted molar refractivity (Wildman–Crippen MR) is 136 cm³/mol. The number of hydrogen-bond acceptors (Lipinski definition) is 2. The van der Waals surface area contributed by atoms with Gasteiger partial charge < -0.3 is 17.1 Å². The van der Waals surface area contributed by atoms with Gasteiger partial charge in [-0.25, -0.2) is 4.79 Å². The summed E-state index contributed by atoms with van der Waals surface area (Å²) in [5.41, 5.74) is 1.88. The zero-order valence-electron chi connectivity index (χ0n) is 18.5. The molecule has 0 bridgehead atoms. The van der Waals surface area contributed by atoms with Gasteiger partial charge in [-0.05, 0) is 55.5 Å². The number of benzene rings is 4. The summed E-state index contributed by atoms with van der Waals surface area (Å²) in [6, 6.07) is 39.5. The molecule has 0 aliphatic heterocycles. The summed E-state index contributed by atoms with van der Waals surface area (Å²) in [6.07, 6.45) is 0.299. The lowest BCUT2D eigenvalue weighted by atomic mass is 10.2. The maximum atomic E-state index is 12.5. The Morgan fingerprint density at radius 1 is 0.697 bits per heavy atom. The molecule has 0 radical (unpaired) electrons. The number of amides is 1. The van der Waals surface area contributed by atoms with Crippen molar-refractivity contribution < 1.29 is 21.9 Å². The molecule has 0 fully saturated rings. The molecule has 0 aromatic heterocycles. The van der Waals surface area contributed by atoms with Crippen molar-refractivity contribution in [3.8, 4) is 0 Å². The Morgan fingerprint density at radius 2 is 1.12 bits per heavy atom. The van der Waals surface area contributed by atoms with E-state index in [9.17, 15) is 4.79 Å². The van der Waals surface area contributed by atoms with Crippen LogP contribution in [0.15, 0.2) is 115 Å². The van der Waals surface area contributed by atoms with Crippen LogP contribution in [-0.2, 0) is 4.74 Å². The standard InChI is InChI=1S/C28H26NO2P.ClH/c1-23-17-19-24(20-18-23)29-28(30)31-21-22-32(25-11-5-2-6-12-25,26-13-7-3-8-14-26)27-15-9-4-10-16-27;/h2-20H,21-22H2,1H3;1H. The van der Waals surface area contributed by atoms with Crippen LogP contribution < -0.4 is 33.6 Å². The molecule has 4 rings (SSSR count). The van der Waals surface area contributed by atoms with E-state index in [2.05, 4.69) is 78.1 Å². The lowest BCUT2D eigenvalue weighted by Gasteiger charge is -2.27. The minimum Gasteiger partial charge on any atom is -1.00 e. The monoisotopic (exact) mass is 475 g/mol. The lowest BCUT2D eigenvalue weighted by molar-refractivity contribution is -0.0000117. The predicted octanol–water partition coefficient (Wildman–Crippen LogP) is 2.54. The third-order valence-corrected chi connectivity index (χ3v) is 9.94. The first-order valence-corrected chi connectivity index (χ1v) is 12.7. The van der Waals surface area contributed by atoms with Crippen molar-refractivity contribution >= 4 is 35.0 Å². The molecule has 3 nitrogen and oxygen atoms in total. The van der Waals surface area contributed by atoms with E-state index < -0.39 is 13.4 Å². The van der Waals surface area contributed by atoms with E-state index in [0.29, 0.717) is 6.61 Å². The van der Waals surface area contributed by atoms with Crippen LogP contribution in [0.1, 0.15) is 5.56 Å². The summed E-state index contributed by atoms with van der Waals surface area (Å²) >= 11 is 0. The number of halogens is 1. The smallest absolute Gasteiger partial charge is 0.411 e. The minimum atomic E-state index is -2.00. The molecule has 5 heteroatoms. The molecular weight excluding hydrogens is 449 g/mol. The van der Waals surface area contributed by atoms with Gasteiger partial charge in [-0.1, -0.05) is 72.3 Å². The van der Waals surface area contributed by atoms with Crippen LogP contribution in [0.25, 0.3) is 0 Å². The van der Waals surface area contributed by atoms with Gasteiger partial charge in [-0.3, -0.25) is 5.32 Å². The third-order valence-electron chi connectivity index (χ3n) is 5.55. The van der Waals surface area contributed by atoms with E-state index in [0.717, 1.165) is 17.4 Å². The number of anilines is 1. The van der Waals surface area contributed by atoms with Crippen LogP contribution >= 0.6 is 7.26 Å². The minimum absolute atomic E-state index is 0. The summed E-state index contributed by atoms with van der Waals surface area (Å²) in [6.45, 7) is 2.34. The zero-order valence-corrected chi connectivity index (χ0v) is 20.2. The molecule has 0 saturated heterocycles. The largest absolute Gasteiger partial charge is 1.00 e. The maximum Gasteiger partial charge on any atom is 0.411 e. The number of carbonyl (C=O) groups excluding carboxylic acids is 1. The normalized spacial score (nSPS) is 10.7. The number of nitrogens with one attached hydrogen (secondary N) is 1. The highest BCUT2D eigenvalue weighted by molar-refractivity contribution is 7.95. The molecule has 0 aliphatic rings. The Balaban J connectivity index is 0.00000306. The molecule has 1 amide bonds. The van der Waals surface area contributed by atoms with Gasteiger partial charge in [0.1, 0.15) is 35.9 Å². The van der Waals surface area contributed by atoms with Crippen molar-refractivity contribution in [1.29, 1.82) is 0 Å². The van der Waals surface area contributed by atoms with E-state index in [1.54, 1.807) is 0 Å². The molecule has 4 aromatic rings. The zero-order chi connectivity index (χ0) is 22.2. The average Bonchev–Trinajstić information content (AvgIpc) is 2.85. The molecule has 0 unspecified atom stereocenters. The quantitative estimate of drug-likeness (QED) is 0.417. The van der Waals surface area contributed by atoms with Crippen LogP contribution in [0.2, 0.25) is 0 Å².